The van der Waals surface area contributed by atoms with E-state index in [1.54, 1.807) is 75.6 Å². The van der Waals surface area contributed by atoms with Crippen LogP contribution in [-0.4, -0.2) is 69.1 Å². The molecular formula is C39H40FN11O2. The number of nitrogens with zero attached hydrogens (tertiary/aromatic N) is 9. The molecule has 13 nitrogen and oxygen atoms in total. The molecule has 0 aliphatic carbocycles. The van der Waals surface area contributed by atoms with Crippen LogP contribution >= 0.6 is 0 Å². The lowest BCUT2D eigenvalue weighted by atomic mass is 9.90. The molecule has 2 aliphatic rings. The molecule has 1 saturated heterocycles. The Hall–Kier alpha value is -6.28. The Morgan fingerprint density at radius 1 is 0.736 bits per heavy atom. The molecular weight excluding hydrogens is 674 g/mol. The number of carbonyl (C=O) groups excluding carboxylic acids is 2. The van der Waals surface area contributed by atoms with Crippen molar-refractivity contribution in [1.29, 1.82) is 0 Å². The number of nitrogens with two attached hydrogens (primary N) is 2. The molecule has 2 aliphatic heterocycles. The average molecular weight is 714 g/mol. The van der Waals surface area contributed by atoms with Gasteiger partial charge >= 0.3 is 0 Å². The molecule has 270 valence electrons. The maximum atomic E-state index is 13.9. The molecule has 7 heterocycles. The minimum absolute atomic E-state index is 0.00279. The lowest BCUT2D eigenvalue weighted by Gasteiger charge is -2.31. The van der Waals surface area contributed by atoms with Crippen LogP contribution in [0.25, 0.3) is 11.6 Å². The number of nitrogen functional groups attached to an aromatic ring is 2. The lowest BCUT2D eigenvalue weighted by molar-refractivity contribution is -0.131. The summed E-state index contributed by atoms with van der Waals surface area (Å²) in [6.45, 7) is 3.33. The van der Waals surface area contributed by atoms with Gasteiger partial charge in [0, 0.05) is 68.3 Å². The number of fused-ring (bicyclic) bond motifs is 1. The fourth-order valence-electron chi connectivity index (χ4n) is 6.59. The van der Waals surface area contributed by atoms with E-state index in [-0.39, 0.29) is 36.3 Å². The number of hydrogen-bond donors (Lipinski definition) is 2. The van der Waals surface area contributed by atoms with E-state index in [0.29, 0.717) is 59.6 Å². The van der Waals surface area contributed by atoms with Crippen LogP contribution in [0.5, 0.6) is 0 Å². The van der Waals surface area contributed by atoms with E-state index >= 15 is 0 Å². The molecule has 1 fully saturated rings. The predicted octanol–water partition coefficient (Wildman–Crippen LogP) is 4.34. The van der Waals surface area contributed by atoms with E-state index in [1.807, 2.05) is 36.5 Å². The first kappa shape index (κ1) is 35.1. The van der Waals surface area contributed by atoms with E-state index < -0.39 is 0 Å². The van der Waals surface area contributed by atoms with Gasteiger partial charge in [-0.1, -0.05) is 18.2 Å². The number of aromatic nitrogens is 7. The molecule has 0 spiro atoms. The van der Waals surface area contributed by atoms with Gasteiger partial charge in [0.05, 0.1) is 35.6 Å². The highest BCUT2D eigenvalue weighted by molar-refractivity contribution is 5.84. The smallest absolute Gasteiger partial charge is 0.229 e. The van der Waals surface area contributed by atoms with Crippen LogP contribution in [-0.2, 0) is 42.1 Å². The molecule has 1 amide bonds. The van der Waals surface area contributed by atoms with Gasteiger partial charge in [-0.05, 0) is 85.6 Å². The van der Waals surface area contributed by atoms with Crippen molar-refractivity contribution in [3.63, 3.8) is 0 Å². The third kappa shape index (κ3) is 8.45. The normalized spacial score (nSPS) is 14.4. The van der Waals surface area contributed by atoms with Crippen LogP contribution in [0.4, 0.5) is 15.8 Å². The van der Waals surface area contributed by atoms with Crippen molar-refractivity contribution in [3.8, 4) is 11.6 Å². The Kier molecular flexibility index (Phi) is 10.6. The molecule has 5 aromatic heterocycles. The highest BCUT2D eigenvalue weighted by Gasteiger charge is 2.27. The zero-order valence-corrected chi connectivity index (χ0v) is 29.1. The van der Waals surface area contributed by atoms with Gasteiger partial charge < -0.3 is 16.4 Å². The number of Topliss-reactive ketones (excluding diaryl/α,β-unsaturated/α-hetero) is 1. The number of halogens is 1. The van der Waals surface area contributed by atoms with Crippen LogP contribution in [0.15, 0.2) is 104 Å². The summed E-state index contributed by atoms with van der Waals surface area (Å²) in [6, 6.07) is 19.5. The number of likely N-dealkylation sites (tertiary alicyclic amines) is 1. The maximum absolute atomic E-state index is 13.9. The number of piperidine rings is 1. The molecule has 6 aromatic rings. The highest BCUT2D eigenvalue weighted by atomic mass is 19.1. The number of benzene rings is 1. The van der Waals surface area contributed by atoms with Crippen molar-refractivity contribution in [2.75, 3.05) is 24.6 Å². The summed E-state index contributed by atoms with van der Waals surface area (Å²) in [7, 11) is 0. The van der Waals surface area contributed by atoms with Gasteiger partial charge in [0.1, 0.15) is 11.6 Å². The van der Waals surface area contributed by atoms with Crippen molar-refractivity contribution in [2.24, 2.45) is 5.92 Å². The van der Waals surface area contributed by atoms with Gasteiger partial charge in [0.2, 0.25) is 5.91 Å². The third-order valence-corrected chi connectivity index (χ3v) is 9.60. The van der Waals surface area contributed by atoms with Crippen molar-refractivity contribution in [2.45, 2.75) is 45.3 Å². The number of amides is 1. The first-order valence-corrected chi connectivity index (χ1v) is 17.5. The van der Waals surface area contributed by atoms with E-state index in [1.165, 1.54) is 6.07 Å². The summed E-state index contributed by atoms with van der Waals surface area (Å²) in [6.07, 6.45) is 12.5. The minimum Gasteiger partial charge on any atom is -0.397 e. The zero-order valence-electron chi connectivity index (χ0n) is 29.1. The van der Waals surface area contributed by atoms with Crippen molar-refractivity contribution in [1.82, 2.24) is 44.3 Å². The molecule has 0 radical (unpaired) electrons. The summed E-state index contributed by atoms with van der Waals surface area (Å²) in [5.41, 5.74) is 17.2. The monoisotopic (exact) mass is 713 g/mol. The minimum atomic E-state index is -0.177. The van der Waals surface area contributed by atoms with E-state index in [9.17, 15) is 14.0 Å². The van der Waals surface area contributed by atoms with Crippen LogP contribution in [0.3, 0.4) is 0 Å². The largest absolute Gasteiger partial charge is 0.397 e. The van der Waals surface area contributed by atoms with Gasteiger partial charge in [0.15, 0.2) is 11.6 Å². The maximum Gasteiger partial charge on any atom is 0.229 e. The topological polar surface area (TPSA) is 167 Å². The number of ketones is 1. The molecule has 0 atom stereocenters. The van der Waals surface area contributed by atoms with Crippen LogP contribution < -0.4 is 11.5 Å². The average Bonchev–Trinajstić information content (AvgIpc) is 3.98. The number of rotatable bonds is 9. The Morgan fingerprint density at radius 3 is 1.96 bits per heavy atom. The van der Waals surface area contributed by atoms with E-state index in [2.05, 4.69) is 30.0 Å². The first-order chi connectivity index (χ1) is 25.8. The van der Waals surface area contributed by atoms with Gasteiger partial charge in [0.25, 0.3) is 0 Å². The van der Waals surface area contributed by atoms with E-state index in [0.717, 1.165) is 37.1 Å². The first-order valence-electron chi connectivity index (χ1n) is 17.5. The number of anilines is 2. The second kappa shape index (κ2) is 15.9. The zero-order chi connectivity index (χ0) is 36.7. The summed E-state index contributed by atoms with van der Waals surface area (Å²) in [5.74, 6) is 1.26. The molecule has 14 heteroatoms. The molecule has 8 rings (SSSR count). The lowest BCUT2D eigenvalue weighted by Crippen LogP contribution is -2.36. The van der Waals surface area contributed by atoms with Gasteiger partial charge in [-0.25, -0.2) is 23.7 Å². The Labute approximate surface area is 306 Å². The van der Waals surface area contributed by atoms with Gasteiger partial charge in [-0.3, -0.25) is 19.5 Å². The summed E-state index contributed by atoms with van der Waals surface area (Å²) >= 11 is 0. The number of carbonyl (C=O) groups is 2. The van der Waals surface area contributed by atoms with Crippen LogP contribution in [0.2, 0.25) is 0 Å². The fraction of sp³-hybridized carbons (Fsp3) is 0.256. The van der Waals surface area contributed by atoms with Crippen LogP contribution in [0.1, 0.15) is 40.9 Å². The van der Waals surface area contributed by atoms with Crippen LogP contribution in [0, 0.1) is 11.7 Å². The van der Waals surface area contributed by atoms with Crippen molar-refractivity contribution in [3.05, 3.63) is 138 Å². The van der Waals surface area contributed by atoms with Crippen molar-refractivity contribution >= 4 is 23.1 Å². The second-order valence-electron chi connectivity index (χ2n) is 13.2. The van der Waals surface area contributed by atoms with Crippen molar-refractivity contribution < 1.29 is 14.0 Å². The second-order valence-corrected chi connectivity index (χ2v) is 13.2. The molecule has 53 heavy (non-hydrogen) atoms. The van der Waals surface area contributed by atoms with Gasteiger partial charge in [-0.2, -0.15) is 10.2 Å². The fourth-order valence-corrected chi connectivity index (χ4v) is 6.59. The third-order valence-electron chi connectivity index (χ3n) is 9.60. The summed E-state index contributed by atoms with van der Waals surface area (Å²) in [5, 5.41) is 8.32. The Morgan fingerprint density at radius 2 is 1.36 bits per heavy atom. The predicted molar refractivity (Wildman–Crippen MR) is 197 cm³/mol. The number of pyridine rings is 3. The highest BCUT2D eigenvalue weighted by Crippen LogP contribution is 2.25. The Balaban J connectivity index is 0.000000167. The standard InChI is InChI=1S/C22H24FN5O.C17H16N6O/c23-18-5-2-1-4-17(18)15-27-12-8-16(9-13-27)21(29)14-20-19(24)6-7-22(26-20)28-11-3-10-25-28;18-14-2-3-16(23-7-1-5-20-23)21-15(14)8-17(24)22-10-12-4-6-19-9-13(12)11-22/h1-7,10-11,16H,8-9,12-15,24H2;1-7,9H,8,10-11,18H2. The molecule has 0 saturated carbocycles. The summed E-state index contributed by atoms with van der Waals surface area (Å²) in [4.78, 5) is 42.6. The summed E-state index contributed by atoms with van der Waals surface area (Å²) < 4.78 is 17.1. The van der Waals surface area contributed by atoms with Gasteiger partial charge in [-0.15, -0.1) is 0 Å². The molecule has 0 bridgehead atoms. The quantitative estimate of drug-likeness (QED) is 0.220. The van der Waals surface area contributed by atoms with E-state index in [4.69, 9.17) is 11.5 Å². The molecule has 0 unspecified atom stereocenters. The molecule has 1 aromatic carbocycles. The molecule has 4 N–H and O–H groups in total. The SMILES string of the molecule is Nc1ccc(-n2cccn2)nc1CC(=O)C1CCN(Cc2ccccc2F)CC1.Nc1ccc(-n2cccn2)nc1CC(=O)N1Cc2ccncc2C1. The Bertz CT molecular complexity index is 2160. The number of hydrogen-bond acceptors (Lipinski definition) is 10.